The van der Waals surface area contributed by atoms with Crippen molar-refractivity contribution in [3.63, 3.8) is 0 Å². The van der Waals surface area contributed by atoms with Gasteiger partial charge in [-0.1, -0.05) is 11.6 Å². The standard InChI is InChI=1S/C18H24ClNO5/c1-6-24-14-10-12(9-13(19)17(14)23-5)7-8-16(22)25-11-15(21)20-18(2,3)4/h7-10H,6,11H2,1-5H3,(H,20,21)/b8-7+. The van der Waals surface area contributed by atoms with Crippen molar-refractivity contribution in [2.24, 2.45) is 0 Å². The average molecular weight is 370 g/mol. The van der Waals surface area contributed by atoms with Gasteiger partial charge in [0.25, 0.3) is 5.91 Å². The van der Waals surface area contributed by atoms with Crippen LogP contribution in [0.5, 0.6) is 11.5 Å². The van der Waals surface area contributed by atoms with E-state index in [9.17, 15) is 9.59 Å². The molecule has 25 heavy (non-hydrogen) atoms. The van der Waals surface area contributed by atoms with Gasteiger partial charge in [0.1, 0.15) is 0 Å². The fourth-order valence-corrected chi connectivity index (χ4v) is 2.24. The zero-order valence-electron chi connectivity index (χ0n) is 15.1. The number of methoxy groups -OCH3 is 1. The second-order valence-corrected chi connectivity index (χ2v) is 6.61. The molecule has 0 aliphatic heterocycles. The van der Waals surface area contributed by atoms with Crippen LogP contribution in [0.2, 0.25) is 5.02 Å². The normalized spacial score (nSPS) is 11.3. The lowest BCUT2D eigenvalue weighted by atomic mass is 10.1. The lowest BCUT2D eigenvalue weighted by Gasteiger charge is -2.20. The molecule has 138 valence electrons. The molecule has 1 rings (SSSR count). The predicted octanol–water partition coefficient (Wildman–Crippen LogP) is 3.22. The van der Waals surface area contributed by atoms with Crippen LogP contribution >= 0.6 is 11.6 Å². The van der Waals surface area contributed by atoms with Crippen molar-refractivity contribution in [2.45, 2.75) is 33.2 Å². The van der Waals surface area contributed by atoms with Crippen molar-refractivity contribution in [3.05, 3.63) is 28.8 Å². The van der Waals surface area contributed by atoms with Gasteiger partial charge < -0.3 is 19.5 Å². The highest BCUT2D eigenvalue weighted by Gasteiger charge is 2.15. The lowest BCUT2D eigenvalue weighted by Crippen LogP contribution is -2.42. The van der Waals surface area contributed by atoms with E-state index in [1.807, 2.05) is 27.7 Å². The molecule has 0 aromatic heterocycles. The van der Waals surface area contributed by atoms with E-state index in [1.165, 1.54) is 19.3 Å². The average Bonchev–Trinajstić information content (AvgIpc) is 2.49. The Bertz CT molecular complexity index is 650. The first kappa shape index (κ1) is 20.8. The van der Waals surface area contributed by atoms with E-state index in [2.05, 4.69) is 5.32 Å². The van der Waals surface area contributed by atoms with Crippen LogP contribution in [0.3, 0.4) is 0 Å². The summed E-state index contributed by atoms with van der Waals surface area (Å²) < 4.78 is 15.6. The minimum Gasteiger partial charge on any atom is -0.491 e. The SMILES string of the molecule is CCOc1cc(/C=C/C(=O)OCC(=O)NC(C)(C)C)cc(Cl)c1OC. The Morgan fingerprint density at radius 2 is 1.96 bits per heavy atom. The van der Waals surface area contributed by atoms with E-state index in [0.717, 1.165) is 0 Å². The third-order valence-electron chi connectivity index (χ3n) is 2.81. The number of ether oxygens (including phenoxy) is 3. The molecular weight excluding hydrogens is 346 g/mol. The number of carbonyl (C=O) groups excluding carboxylic acids is 2. The summed E-state index contributed by atoms with van der Waals surface area (Å²) in [7, 11) is 1.50. The quantitative estimate of drug-likeness (QED) is 0.590. The molecule has 0 aliphatic carbocycles. The van der Waals surface area contributed by atoms with Crippen LogP contribution in [0.4, 0.5) is 0 Å². The zero-order valence-corrected chi connectivity index (χ0v) is 15.9. The second-order valence-electron chi connectivity index (χ2n) is 6.21. The summed E-state index contributed by atoms with van der Waals surface area (Å²) in [4.78, 5) is 23.3. The Balaban J connectivity index is 2.71. The fraction of sp³-hybridized carbons (Fsp3) is 0.444. The van der Waals surface area contributed by atoms with Crippen molar-refractivity contribution in [2.75, 3.05) is 20.3 Å². The molecule has 0 bridgehead atoms. The largest absolute Gasteiger partial charge is 0.491 e. The maximum atomic E-state index is 11.7. The van der Waals surface area contributed by atoms with Gasteiger partial charge in [-0.2, -0.15) is 0 Å². The molecule has 7 heteroatoms. The fourth-order valence-electron chi connectivity index (χ4n) is 1.95. The molecule has 1 aromatic rings. The molecule has 0 heterocycles. The molecule has 0 aliphatic rings. The highest BCUT2D eigenvalue weighted by atomic mass is 35.5. The summed E-state index contributed by atoms with van der Waals surface area (Å²) >= 11 is 6.14. The van der Waals surface area contributed by atoms with Crippen LogP contribution in [-0.2, 0) is 14.3 Å². The van der Waals surface area contributed by atoms with Crippen molar-refractivity contribution >= 4 is 29.6 Å². The molecular formula is C18H24ClNO5. The summed E-state index contributed by atoms with van der Waals surface area (Å²) in [5.74, 6) is -0.0773. The molecule has 0 saturated heterocycles. The van der Waals surface area contributed by atoms with Crippen LogP contribution in [0.25, 0.3) is 6.08 Å². The zero-order chi connectivity index (χ0) is 19.0. The molecule has 0 spiro atoms. The number of esters is 1. The van der Waals surface area contributed by atoms with Crippen molar-refractivity contribution in [3.8, 4) is 11.5 Å². The summed E-state index contributed by atoms with van der Waals surface area (Å²) in [5, 5.41) is 3.07. The molecule has 0 fully saturated rings. The van der Waals surface area contributed by atoms with Gasteiger partial charge >= 0.3 is 5.97 Å². The monoisotopic (exact) mass is 369 g/mol. The van der Waals surface area contributed by atoms with Crippen LogP contribution in [0.1, 0.15) is 33.3 Å². The lowest BCUT2D eigenvalue weighted by molar-refractivity contribution is -0.144. The third-order valence-corrected chi connectivity index (χ3v) is 3.09. The minimum atomic E-state index is -0.631. The van der Waals surface area contributed by atoms with Gasteiger partial charge in [0.05, 0.1) is 18.7 Å². The highest BCUT2D eigenvalue weighted by molar-refractivity contribution is 6.32. The topological polar surface area (TPSA) is 73.9 Å². The number of carbonyl (C=O) groups is 2. The number of halogens is 1. The van der Waals surface area contributed by atoms with E-state index in [-0.39, 0.29) is 18.1 Å². The Morgan fingerprint density at radius 1 is 1.28 bits per heavy atom. The second kappa shape index (κ2) is 9.32. The predicted molar refractivity (Wildman–Crippen MR) is 97.1 cm³/mol. The summed E-state index contributed by atoms with van der Waals surface area (Å²) in [6.07, 6.45) is 2.75. The van der Waals surface area contributed by atoms with E-state index >= 15 is 0 Å². The van der Waals surface area contributed by atoms with Gasteiger partial charge in [-0.05, 0) is 51.5 Å². The number of nitrogens with one attached hydrogen (secondary N) is 1. The summed E-state index contributed by atoms with van der Waals surface area (Å²) in [6, 6.07) is 3.34. The number of benzene rings is 1. The van der Waals surface area contributed by atoms with E-state index < -0.39 is 5.97 Å². The van der Waals surface area contributed by atoms with Crippen LogP contribution in [0, 0.1) is 0 Å². The maximum Gasteiger partial charge on any atom is 0.331 e. The van der Waals surface area contributed by atoms with Crippen LogP contribution < -0.4 is 14.8 Å². The molecule has 0 radical (unpaired) electrons. The first-order valence-corrected chi connectivity index (χ1v) is 8.20. The molecule has 0 atom stereocenters. The molecule has 0 saturated carbocycles. The Kier molecular flexibility index (Phi) is 7.77. The van der Waals surface area contributed by atoms with Crippen LogP contribution in [0.15, 0.2) is 18.2 Å². The van der Waals surface area contributed by atoms with Gasteiger partial charge in [0.2, 0.25) is 0 Å². The van der Waals surface area contributed by atoms with E-state index in [0.29, 0.717) is 28.7 Å². The molecule has 0 unspecified atom stereocenters. The number of hydrogen-bond donors (Lipinski definition) is 1. The maximum absolute atomic E-state index is 11.7. The Labute approximate surface area is 153 Å². The highest BCUT2D eigenvalue weighted by Crippen LogP contribution is 2.36. The summed E-state index contributed by atoms with van der Waals surface area (Å²) in [5.41, 5.74) is 0.264. The van der Waals surface area contributed by atoms with Crippen molar-refractivity contribution < 1.29 is 23.8 Å². The van der Waals surface area contributed by atoms with Gasteiger partial charge in [0.15, 0.2) is 18.1 Å². The Morgan fingerprint density at radius 3 is 2.52 bits per heavy atom. The molecule has 6 nitrogen and oxygen atoms in total. The van der Waals surface area contributed by atoms with Gasteiger partial charge in [-0.15, -0.1) is 0 Å². The van der Waals surface area contributed by atoms with Crippen molar-refractivity contribution in [1.29, 1.82) is 0 Å². The van der Waals surface area contributed by atoms with Gasteiger partial charge in [-0.3, -0.25) is 4.79 Å². The number of rotatable bonds is 7. The first-order chi connectivity index (χ1) is 11.7. The van der Waals surface area contributed by atoms with Crippen LogP contribution in [-0.4, -0.2) is 37.7 Å². The van der Waals surface area contributed by atoms with E-state index in [4.69, 9.17) is 25.8 Å². The van der Waals surface area contributed by atoms with Gasteiger partial charge in [0, 0.05) is 11.6 Å². The minimum absolute atomic E-state index is 0.339. The van der Waals surface area contributed by atoms with Crippen molar-refractivity contribution in [1.82, 2.24) is 5.32 Å². The smallest absolute Gasteiger partial charge is 0.331 e. The third kappa shape index (κ3) is 7.47. The molecule has 1 amide bonds. The number of amides is 1. The molecule has 1 aromatic carbocycles. The van der Waals surface area contributed by atoms with E-state index in [1.54, 1.807) is 12.1 Å². The number of hydrogen-bond acceptors (Lipinski definition) is 5. The van der Waals surface area contributed by atoms with Gasteiger partial charge in [-0.25, -0.2) is 4.79 Å². The Hall–Kier alpha value is -2.21. The first-order valence-electron chi connectivity index (χ1n) is 7.82. The summed E-state index contributed by atoms with van der Waals surface area (Å²) in [6.45, 7) is 7.48. The molecule has 1 N–H and O–H groups in total.